The van der Waals surface area contributed by atoms with Crippen molar-refractivity contribution >= 4 is 15.8 Å². The van der Waals surface area contributed by atoms with Crippen molar-refractivity contribution in [3.8, 4) is 23.1 Å². The smallest absolute Gasteiger partial charge is 0.280 e. The molecule has 0 amide bonds. The Kier molecular flexibility index (Phi) is 7.67. The van der Waals surface area contributed by atoms with Gasteiger partial charge in [0.05, 0.1) is 7.11 Å². The van der Waals surface area contributed by atoms with Crippen LogP contribution in [0, 0.1) is 6.92 Å². The third-order valence-electron chi connectivity index (χ3n) is 4.52. The highest BCUT2D eigenvalue weighted by atomic mass is 32.2. The summed E-state index contributed by atoms with van der Waals surface area (Å²) in [6, 6.07) is 10.1. The zero-order chi connectivity index (χ0) is 24.0. The number of anilines is 1. The van der Waals surface area contributed by atoms with E-state index in [4.69, 9.17) is 19.9 Å². The molecule has 10 nitrogen and oxygen atoms in total. The molecule has 3 rings (SSSR count). The molecule has 0 fully saturated rings. The lowest BCUT2D eigenvalue weighted by Crippen LogP contribution is -2.18. The van der Waals surface area contributed by atoms with E-state index in [1.807, 2.05) is 13.8 Å². The second kappa shape index (κ2) is 10.5. The molecule has 0 radical (unpaired) electrons. The molecule has 33 heavy (non-hydrogen) atoms. The molecular weight excluding hydrogens is 446 g/mol. The lowest BCUT2D eigenvalue weighted by Gasteiger charge is -2.17. The Morgan fingerprint density at radius 3 is 2.42 bits per heavy atom. The molecule has 3 aromatic rings. The highest BCUT2D eigenvalue weighted by molar-refractivity contribution is 7.92. The lowest BCUT2D eigenvalue weighted by molar-refractivity contribution is 0.294. The molecule has 0 aliphatic rings. The van der Waals surface area contributed by atoms with Gasteiger partial charge in [-0.25, -0.2) is 9.97 Å². The Morgan fingerprint density at radius 2 is 1.82 bits per heavy atom. The summed E-state index contributed by atoms with van der Waals surface area (Å²) in [5, 5.41) is -0.157. The van der Waals surface area contributed by atoms with E-state index in [-0.39, 0.29) is 47.4 Å². The summed E-state index contributed by atoms with van der Waals surface area (Å²) in [4.78, 5) is 12.6. The molecular formula is C22H27N5O5S. The molecule has 0 bridgehead atoms. The summed E-state index contributed by atoms with van der Waals surface area (Å²) in [6.07, 6.45) is 1.53. The number of benzene rings is 1. The van der Waals surface area contributed by atoms with Crippen molar-refractivity contribution in [2.45, 2.75) is 31.7 Å². The minimum atomic E-state index is -4.08. The van der Waals surface area contributed by atoms with Crippen LogP contribution in [0.15, 0.2) is 47.6 Å². The summed E-state index contributed by atoms with van der Waals surface area (Å²) < 4.78 is 45.5. The maximum Gasteiger partial charge on any atom is 0.280 e. The number of nitrogens with one attached hydrogen (secondary N) is 1. The first-order valence-corrected chi connectivity index (χ1v) is 11.7. The first kappa shape index (κ1) is 24.2. The zero-order valence-electron chi connectivity index (χ0n) is 18.9. The van der Waals surface area contributed by atoms with Gasteiger partial charge in [-0.15, -0.1) is 0 Å². The van der Waals surface area contributed by atoms with Gasteiger partial charge < -0.3 is 19.9 Å². The first-order chi connectivity index (χ1) is 15.7. The van der Waals surface area contributed by atoms with E-state index in [2.05, 4.69) is 19.7 Å². The number of pyridine rings is 1. The van der Waals surface area contributed by atoms with Gasteiger partial charge >= 0.3 is 0 Å². The molecule has 0 saturated carbocycles. The van der Waals surface area contributed by atoms with E-state index in [0.29, 0.717) is 11.5 Å². The Labute approximate surface area is 193 Å². The van der Waals surface area contributed by atoms with E-state index in [1.54, 1.807) is 37.3 Å². The van der Waals surface area contributed by atoms with Gasteiger partial charge in [0.2, 0.25) is 5.75 Å². The standard InChI is InChI=1S/C22H27N5O5S/c1-14(2)16-9-10-19(24-13-16)33(28,29)27-21-20(22(31-12-11-23)26-15(3)25-21)32-18-8-6-5-7-17(18)30-4/h5-10,13-14H,11-12,23H2,1-4H3,(H,25,26,27). The molecule has 0 saturated heterocycles. The van der Waals surface area contributed by atoms with Gasteiger partial charge in [-0.1, -0.05) is 32.0 Å². The van der Waals surface area contributed by atoms with Crippen LogP contribution in [0.2, 0.25) is 0 Å². The molecule has 0 aliphatic carbocycles. The number of para-hydroxylation sites is 2. The molecule has 2 heterocycles. The normalized spacial score (nSPS) is 11.3. The van der Waals surface area contributed by atoms with E-state index in [0.717, 1.165) is 5.56 Å². The molecule has 0 spiro atoms. The number of ether oxygens (including phenoxy) is 3. The number of hydrogen-bond donors (Lipinski definition) is 2. The fourth-order valence-corrected chi connectivity index (χ4v) is 3.77. The van der Waals surface area contributed by atoms with Gasteiger partial charge in [0.15, 0.2) is 22.3 Å². The average molecular weight is 474 g/mol. The predicted octanol–water partition coefficient (Wildman–Crippen LogP) is 3.24. The van der Waals surface area contributed by atoms with Crippen molar-refractivity contribution in [2.24, 2.45) is 5.73 Å². The second-order valence-electron chi connectivity index (χ2n) is 7.33. The fourth-order valence-electron chi connectivity index (χ4n) is 2.84. The highest BCUT2D eigenvalue weighted by Crippen LogP contribution is 2.40. The number of methoxy groups -OCH3 is 1. The van der Waals surface area contributed by atoms with E-state index < -0.39 is 10.0 Å². The number of aromatic nitrogens is 3. The zero-order valence-corrected chi connectivity index (χ0v) is 19.7. The maximum absolute atomic E-state index is 13.1. The summed E-state index contributed by atoms with van der Waals surface area (Å²) in [5.41, 5.74) is 6.48. The largest absolute Gasteiger partial charge is 0.493 e. The second-order valence-corrected chi connectivity index (χ2v) is 8.96. The topological polar surface area (TPSA) is 139 Å². The highest BCUT2D eigenvalue weighted by Gasteiger charge is 2.25. The van der Waals surface area contributed by atoms with Gasteiger partial charge in [-0.3, -0.25) is 4.72 Å². The molecule has 11 heteroatoms. The fraction of sp³-hybridized carbons (Fsp3) is 0.318. The first-order valence-electron chi connectivity index (χ1n) is 10.3. The number of hydrogen-bond acceptors (Lipinski definition) is 9. The Bertz CT molecular complexity index is 1200. The number of aryl methyl sites for hydroxylation is 1. The summed E-state index contributed by atoms with van der Waals surface area (Å²) in [7, 11) is -2.59. The van der Waals surface area contributed by atoms with Crippen molar-refractivity contribution in [3.63, 3.8) is 0 Å². The third-order valence-corrected chi connectivity index (χ3v) is 5.77. The van der Waals surface area contributed by atoms with Crippen molar-refractivity contribution in [1.82, 2.24) is 15.0 Å². The van der Waals surface area contributed by atoms with E-state index in [9.17, 15) is 8.42 Å². The summed E-state index contributed by atoms with van der Waals surface area (Å²) in [5.74, 6) is 1.16. The van der Waals surface area contributed by atoms with Crippen LogP contribution in [0.5, 0.6) is 23.1 Å². The number of sulfonamides is 1. The van der Waals surface area contributed by atoms with Crippen LogP contribution in [-0.2, 0) is 10.0 Å². The van der Waals surface area contributed by atoms with Crippen LogP contribution in [-0.4, -0.2) is 43.6 Å². The van der Waals surface area contributed by atoms with Crippen LogP contribution < -0.4 is 24.7 Å². The molecule has 1 aromatic carbocycles. The van der Waals surface area contributed by atoms with Gasteiger partial charge in [0.25, 0.3) is 15.9 Å². The number of rotatable bonds is 10. The minimum absolute atomic E-state index is 0.0269. The SMILES string of the molecule is COc1ccccc1Oc1c(NS(=O)(=O)c2ccc(C(C)C)cn2)nc(C)nc1OCCN. The van der Waals surface area contributed by atoms with Crippen LogP contribution in [0.25, 0.3) is 0 Å². The Balaban J connectivity index is 2.05. The van der Waals surface area contributed by atoms with Crippen molar-refractivity contribution < 1.29 is 22.6 Å². The molecule has 0 aliphatic heterocycles. The Hall–Kier alpha value is -3.44. The van der Waals surface area contributed by atoms with Crippen molar-refractivity contribution in [2.75, 3.05) is 25.0 Å². The van der Waals surface area contributed by atoms with Crippen LogP contribution in [0.3, 0.4) is 0 Å². The third kappa shape index (κ3) is 5.88. The maximum atomic E-state index is 13.1. The summed E-state index contributed by atoms with van der Waals surface area (Å²) >= 11 is 0. The van der Waals surface area contributed by atoms with Crippen LogP contribution >= 0.6 is 0 Å². The quantitative estimate of drug-likeness (QED) is 0.454. The molecule has 0 atom stereocenters. The van der Waals surface area contributed by atoms with Gasteiger partial charge in [0.1, 0.15) is 12.4 Å². The van der Waals surface area contributed by atoms with Gasteiger partial charge in [-0.05, 0) is 36.6 Å². The lowest BCUT2D eigenvalue weighted by atomic mass is 10.1. The minimum Gasteiger partial charge on any atom is -0.493 e. The molecule has 3 N–H and O–H groups in total. The van der Waals surface area contributed by atoms with Gasteiger partial charge in [0, 0.05) is 12.7 Å². The average Bonchev–Trinajstić information content (AvgIpc) is 2.79. The number of nitrogens with two attached hydrogens (primary N) is 1. The predicted molar refractivity (Wildman–Crippen MR) is 124 cm³/mol. The number of nitrogens with zero attached hydrogens (tertiary/aromatic N) is 3. The molecule has 2 aromatic heterocycles. The van der Waals surface area contributed by atoms with Crippen molar-refractivity contribution in [3.05, 3.63) is 54.0 Å². The monoisotopic (exact) mass is 473 g/mol. The van der Waals surface area contributed by atoms with Gasteiger partial charge in [-0.2, -0.15) is 13.4 Å². The Morgan fingerprint density at radius 1 is 1.09 bits per heavy atom. The van der Waals surface area contributed by atoms with Crippen LogP contribution in [0.1, 0.15) is 31.2 Å². The van der Waals surface area contributed by atoms with E-state index in [1.165, 1.54) is 19.4 Å². The van der Waals surface area contributed by atoms with Crippen molar-refractivity contribution in [1.29, 1.82) is 0 Å². The molecule has 176 valence electrons. The van der Waals surface area contributed by atoms with E-state index >= 15 is 0 Å². The van der Waals surface area contributed by atoms with Crippen LogP contribution in [0.4, 0.5) is 5.82 Å². The summed E-state index contributed by atoms with van der Waals surface area (Å²) in [6.45, 7) is 5.97. The molecule has 0 unspecified atom stereocenters.